The standard InChI is InChI=1S/C58H73O7PSi3/c1-12-60-66(59,61-13-2)54-44-52(64-68(57(6,7)8,48-36-24-16-25-37-48)49-38-26-17-27-39-49)55(65-69(58(9,10)11,50-40-28-18-29-41-50)51-42-30-19-31-43-51)53(63-54)45-62-67(56(3,4)5,46-32-20-14-21-33-46)47-34-22-15-23-35-47/h14-44,52-53,55H,12-13,45H2,1-11H3/t52-,53-,55+/m0/s1. The molecule has 7 rings (SSSR count). The van der Waals surface area contributed by atoms with Gasteiger partial charge < -0.3 is 27.1 Å². The molecule has 7 nitrogen and oxygen atoms in total. The van der Waals surface area contributed by atoms with Gasteiger partial charge in [0.05, 0.1) is 25.9 Å². The second kappa shape index (κ2) is 21.5. The lowest BCUT2D eigenvalue weighted by Gasteiger charge is -2.52. The molecule has 0 aliphatic carbocycles. The van der Waals surface area contributed by atoms with Crippen molar-refractivity contribution in [2.75, 3.05) is 19.8 Å². The minimum atomic E-state index is -4.07. The van der Waals surface area contributed by atoms with Crippen LogP contribution in [0.5, 0.6) is 0 Å². The van der Waals surface area contributed by atoms with E-state index >= 15 is 4.57 Å². The highest BCUT2D eigenvalue weighted by Gasteiger charge is 2.59. The van der Waals surface area contributed by atoms with E-state index in [2.05, 4.69) is 244 Å². The zero-order chi connectivity index (χ0) is 49.6. The van der Waals surface area contributed by atoms with E-state index in [0.717, 1.165) is 31.1 Å². The molecule has 6 aromatic carbocycles. The minimum Gasteiger partial charge on any atom is -0.477 e. The fourth-order valence-electron chi connectivity index (χ4n) is 10.5. The number of hydrogen-bond acceptors (Lipinski definition) is 7. The lowest BCUT2D eigenvalue weighted by Crippen LogP contribution is -2.73. The van der Waals surface area contributed by atoms with Crippen LogP contribution in [0.4, 0.5) is 0 Å². The quantitative estimate of drug-likeness (QED) is 0.0627. The van der Waals surface area contributed by atoms with Crippen LogP contribution < -0.4 is 31.1 Å². The third-order valence-corrected chi connectivity index (χ3v) is 30.5. The first-order valence-electron chi connectivity index (χ1n) is 24.5. The van der Waals surface area contributed by atoms with Gasteiger partial charge in [0.2, 0.25) is 5.50 Å². The molecule has 3 atom stereocenters. The molecular formula is C58H73O7PSi3. The minimum absolute atomic E-state index is 0.0757. The van der Waals surface area contributed by atoms with Gasteiger partial charge in [-0.2, -0.15) is 0 Å². The second-order valence-corrected chi connectivity index (χ2v) is 35.7. The van der Waals surface area contributed by atoms with Crippen LogP contribution in [0.2, 0.25) is 15.1 Å². The van der Waals surface area contributed by atoms with Gasteiger partial charge in [-0.1, -0.05) is 244 Å². The summed E-state index contributed by atoms with van der Waals surface area (Å²) in [6.07, 6.45) is -0.654. The average molecular weight is 997 g/mol. The monoisotopic (exact) mass is 996 g/mol. The first kappa shape index (κ1) is 52.4. The smallest absolute Gasteiger partial charge is 0.395 e. The van der Waals surface area contributed by atoms with Crippen LogP contribution in [0.1, 0.15) is 76.2 Å². The molecule has 0 saturated carbocycles. The molecular weight excluding hydrogens is 924 g/mol. The topological polar surface area (TPSA) is 72.5 Å². The fraction of sp³-hybridized carbons (Fsp3) is 0.345. The van der Waals surface area contributed by atoms with Crippen LogP contribution in [0, 0.1) is 0 Å². The van der Waals surface area contributed by atoms with E-state index in [-0.39, 0.29) is 30.4 Å². The number of rotatable bonds is 18. The Morgan fingerprint density at radius 3 is 1.03 bits per heavy atom. The molecule has 0 radical (unpaired) electrons. The van der Waals surface area contributed by atoms with Crippen LogP contribution in [0.3, 0.4) is 0 Å². The van der Waals surface area contributed by atoms with Gasteiger partial charge in [0.25, 0.3) is 25.0 Å². The van der Waals surface area contributed by atoms with Crippen LogP contribution in [-0.2, 0) is 31.6 Å². The summed E-state index contributed by atoms with van der Waals surface area (Å²) in [7, 11) is -14.0. The van der Waals surface area contributed by atoms with E-state index in [4.69, 9.17) is 27.1 Å². The van der Waals surface area contributed by atoms with E-state index in [1.54, 1.807) is 0 Å². The Labute approximate surface area is 416 Å². The average Bonchev–Trinajstić information content (AvgIpc) is 3.33. The van der Waals surface area contributed by atoms with Gasteiger partial charge in [-0.05, 0) is 66.2 Å². The number of ether oxygens (including phenoxy) is 1. The van der Waals surface area contributed by atoms with Crippen molar-refractivity contribution in [1.29, 1.82) is 0 Å². The van der Waals surface area contributed by atoms with E-state index in [9.17, 15) is 0 Å². The Hall–Kier alpha value is -4.46. The van der Waals surface area contributed by atoms with Crippen LogP contribution >= 0.6 is 7.60 Å². The molecule has 0 bridgehead atoms. The highest BCUT2D eigenvalue weighted by molar-refractivity contribution is 7.58. The van der Waals surface area contributed by atoms with Gasteiger partial charge in [-0.25, -0.2) is 0 Å². The lowest BCUT2D eigenvalue weighted by molar-refractivity contribution is -0.0720. The molecule has 364 valence electrons. The Balaban J connectivity index is 1.56. The zero-order valence-electron chi connectivity index (χ0n) is 42.6. The normalized spacial score (nSPS) is 17.5. The van der Waals surface area contributed by atoms with Gasteiger partial charge in [0.1, 0.15) is 12.2 Å². The van der Waals surface area contributed by atoms with E-state index in [1.165, 1.54) is 0 Å². The summed E-state index contributed by atoms with van der Waals surface area (Å²) in [4.78, 5) is 0. The van der Waals surface area contributed by atoms with Crippen molar-refractivity contribution in [2.45, 2.75) is 110 Å². The summed E-state index contributed by atoms with van der Waals surface area (Å²) < 4.78 is 59.5. The predicted molar refractivity (Wildman–Crippen MR) is 292 cm³/mol. The van der Waals surface area contributed by atoms with Gasteiger partial charge >= 0.3 is 7.60 Å². The molecule has 11 heteroatoms. The van der Waals surface area contributed by atoms with Crippen molar-refractivity contribution in [3.63, 3.8) is 0 Å². The maximum Gasteiger partial charge on any atom is 0.395 e. The maximum atomic E-state index is 15.4. The third kappa shape index (κ3) is 10.3. The predicted octanol–water partition coefficient (Wildman–Crippen LogP) is 11.0. The molecule has 0 aromatic heterocycles. The van der Waals surface area contributed by atoms with Crippen molar-refractivity contribution in [3.05, 3.63) is 194 Å². The summed E-state index contributed by atoms with van der Waals surface area (Å²) >= 11 is 0. The maximum absolute atomic E-state index is 15.4. The molecule has 0 amide bonds. The van der Waals surface area contributed by atoms with Crippen molar-refractivity contribution in [3.8, 4) is 0 Å². The van der Waals surface area contributed by atoms with Crippen molar-refractivity contribution < 1.29 is 31.6 Å². The van der Waals surface area contributed by atoms with Gasteiger partial charge in [0, 0.05) is 0 Å². The Bertz CT molecular complexity index is 2490. The Kier molecular flexibility index (Phi) is 16.3. The summed E-state index contributed by atoms with van der Waals surface area (Å²) in [6.45, 7) is 24.5. The largest absolute Gasteiger partial charge is 0.477 e. The highest BCUT2D eigenvalue weighted by Crippen LogP contribution is 2.59. The van der Waals surface area contributed by atoms with Gasteiger partial charge in [-0.3, -0.25) is 4.57 Å². The van der Waals surface area contributed by atoms with Crippen LogP contribution in [-0.4, -0.2) is 63.1 Å². The van der Waals surface area contributed by atoms with Crippen molar-refractivity contribution in [2.24, 2.45) is 0 Å². The third-order valence-electron chi connectivity index (χ3n) is 13.5. The number of hydrogen-bond donors (Lipinski definition) is 0. The van der Waals surface area contributed by atoms with Crippen molar-refractivity contribution >= 4 is 63.7 Å². The Morgan fingerprint density at radius 2 is 0.739 bits per heavy atom. The summed E-state index contributed by atoms with van der Waals surface area (Å²) in [6, 6.07) is 63.9. The first-order chi connectivity index (χ1) is 32.9. The molecule has 0 unspecified atom stereocenters. The summed E-state index contributed by atoms with van der Waals surface area (Å²) in [5.74, 6) is 0. The summed E-state index contributed by atoms with van der Waals surface area (Å²) in [5, 5.41) is 5.51. The summed E-state index contributed by atoms with van der Waals surface area (Å²) in [5.41, 5.74) is 0.104. The molecule has 1 heterocycles. The number of benzene rings is 6. The lowest BCUT2D eigenvalue weighted by atomic mass is 10.1. The highest BCUT2D eigenvalue weighted by atomic mass is 31.2. The fourth-order valence-corrected chi connectivity index (χ4v) is 26.0. The molecule has 0 spiro atoms. The molecule has 0 N–H and O–H groups in total. The van der Waals surface area contributed by atoms with Crippen molar-refractivity contribution in [1.82, 2.24) is 0 Å². The molecule has 6 aromatic rings. The van der Waals surface area contributed by atoms with E-state index < -0.39 is 60.9 Å². The first-order valence-corrected chi connectivity index (χ1v) is 31.8. The van der Waals surface area contributed by atoms with E-state index in [1.807, 2.05) is 19.9 Å². The second-order valence-electron chi connectivity index (χ2n) is 21.0. The zero-order valence-corrected chi connectivity index (χ0v) is 46.5. The van der Waals surface area contributed by atoms with Gasteiger partial charge in [0.15, 0.2) is 0 Å². The van der Waals surface area contributed by atoms with Gasteiger partial charge in [-0.15, -0.1) is 0 Å². The molecule has 1 aliphatic rings. The van der Waals surface area contributed by atoms with Crippen LogP contribution in [0.25, 0.3) is 0 Å². The van der Waals surface area contributed by atoms with E-state index in [0.29, 0.717) is 0 Å². The molecule has 69 heavy (non-hydrogen) atoms. The Morgan fingerprint density at radius 1 is 0.449 bits per heavy atom. The molecule has 0 saturated heterocycles. The van der Waals surface area contributed by atoms with Crippen LogP contribution in [0.15, 0.2) is 194 Å². The SMILES string of the molecule is CCOP(=O)(OCC)C1=C[C@H](O[Si](c2ccccc2)(c2ccccc2)C(C)(C)C)[C@@H](O[Si](c2ccccc2)(c2ccccc2)C(C)(C)C)[C@H](CO[Si](c2ccccc2)(c2ccccc2)C(C)(C)C)O1. The molecule has 1 aliphatic heterocycles. The molecule has 0 fully saturated rings.